The lowest BCUT2D eigenvalue weighted by molar-refractivity contribution is -0.122. The van der Waals surface area contributed by atoms with Gasteiger partial charge in [0.1, 0.15) is 0 Å². The van der Waals surface area contributed by atoms with Crippen molar-refractivity contribution in [3.63, 3.8) is 0 Å². The quantitative estimate of drug-likeness (QED) is 0.547. The number of amides is 2. The molecular formula is C19H21ClN2O4. The molecule has 2 aromatic carbocycles. The first-order chi connectivity index (χ1) is 12.6. The van der Waals surface area contributed by atoms with E-state index in [2.05, 4.69) is 10.9 Å². The third-order valence-corrected chi connectivity index (χ3v) is 3.72. The van der Waals surface area contributed by atoms with E-state index in [0.29, 0.717) is 41.7 Å². The van der Waals surface area contributed by atoms with Gasteiger partial charge < -0.3 is 9.47 Å². The fourth-order valence-corrected chi connectivity index (χ4v) is 2.38. The first-order valence-corrected chi connectivity index (χ1v) is 8.68. The Labute approximate surface area is 157 Å². The SMILES string of the molecule is CCOc1ccccc1OCCCC(=O)NNC(=O)c1ccccc1Cl. The van der Waals surface area contributed by atoms with Crippen molar-refractivity contribution in [3.8, 4) is 11.5 Å². The van der Waals surface area contributed by atoms with E-state index in [9.17, 15) is 9.59 Å². The number of hydrogen-bond acceptors (Lipinski definition) is 4. The Morgan fingerprint density at radius 3 is 2.31 bits per heavy atom. The molecule has 6 nitrogen and oxygen atoms in total. The van der Waals surface area contributed by atoms with E-state index >= 15 is 0 Å². The summed E-state index contributed by atoms with van der Waals surface area (Å²) in [5.74, 6) is 0.533. The maximum Gasteiger partial charge on any atom is 0.271 e. The second-order valence-electron chi connectivity index (χ2n) is 5.31. The zero-order valence-electron chi connectivity index (χ0n) is 14.5. The Morgan fingerprint density at radius 2 is 1.62 bits per heavy atom. The second kappa shape index (κ2) is 10.3. The maximum atomic E-state index is 11.9. The molecule has 0 atom stereocenters. The molecule has 0 aromatic heterocycles. The molecule has 0 saturated carbocycles. The van der Waals surface area contributed by atoms with Crippen LogP contribution in [0.25, 0.3) is 0 Å². The molecule has 0 aliphatic heterocycles. The maximum absolute atomic E-state index is 11.9. The van der Waals surface area contributed by atoms with Crippen molar-refractivity contribution in [3.05, 3.63) is 59.1 Å². The highest BCUT2D eigenvalue weighted by molar-refractivity contribution is 6.33. The van der Waals surface area contributed by atoms with Crippen molar-refractivity contribution in [2.45, 2.75) is 19.8 Å². The molecule has 0 bridgehead atoms. The number of ether oxygens (including phenoxy) is 2. The van der Waals surface area contributed by atoms with Gasteiger partial charge >= 0.3 is 0 Å². The van der Waals surface area contributed by atoms with Crippen LogP contribution >= 0.6 is 11.6 Å². The summed E-state index contributed by atoms with van der Waals surface area (Å²) in [7, 11) is 0. The van der Waals surface area contributed by atoms with Gasteiger partial charge in [-0.1, -0.05) is 35.9 Å². The van der Waals surface area contributed by atoms with E-state index in [1.54, 1.807) is 24.3 Å². The monoisotopic (exact) mass is 376 g/mol. The largest absolute Gasteiger partial charge is 0.490 e. The van der Waals surface area contributed by atoms with Gasteiger partial charge in [0.15, 0.2) is 11.5 Å². The summed E-state index contributed by atoms with van der Waals surface area (Å²) in [6, 6.07) is 14.0. The molecule has 0 aliphatic carbocycles. The van der Waals surface area contributed by atoms with Gasteiger partial charge in [-0.25, -0.2) is 0 Å². The molecule has 2 rings (SSSR count). The van der Waals surface area contributed by atoms with Crippen LogP contribution in [-0.4, -0.2) is 25.0 Å². The number of benzene rings is 2. The predicted molar refractivity (Wildman–Crippen MR) is 99.4 cm³/mol. The van der Waals surface area contributed by atoms with E-state index in [1.807, 2.05) is 31.2 Å². The molecule has 0 fully saturated rings. The zero-order chi connectivity index (χ0) is 18.8. The van der Waals surface area contributed by atoms with Crippen molar-refractivity contribution in [1.29, 1.82) is 0 Å². The lowest BCUT2D eigenvalue weighted by Crippen LogP contribution is -2.41. The molecule has 7 heteroatoms. The van der Waals surface area contributed by atoms with E-state index in [1.165, 1.54) is 0 Å². The third-order valence-electron chi connectivity index (χ3n) is 3.39. The minimum absolute atomic E-state index is 0.208. The number of hydrogen-bond donors (Lipinski definition) is 2. The average molecular weight is 377 g/mol. The van der Waals surface area contributed by atoms with Gasteiger partial charge in [-0.2, -0.15) is 0 Å². The first kappa shape index (κ1) is 19.6. The second-order valence-corrected chi connectivity index (χ2v) is 5.72. The highest BCUT2D eigenvalue weighted by Crippen LogP contribution is 2.26. The topological polar surface area (TPSA) is 76.7 Å². The standard InChI is InChI=1S/C19H21ClN2O4/c1-2-25-16-10-5-6-11-17(16)26-13-7-12-18(23)21-22-19(24)14-8-3-4-9-15(14)20/h3-6,8-11H,2,7,12-13H2,1H3,(H,21,23)(H,22,24). The summed E-state index contributed by atoms with van der Waals surface area (Å²) < 4.78 is 11.1. The summed E-state index contributed by atoms with van der Waals surface area (Å²) in [5, 5.41) is 0.320. The van der Waals surface area contributed by atoms with Crippen LogP contribution in [0.3, 0.4) is 0 Å². The highest BCUT2D eigenvalue weighted by atomic mass is 35.5. The predicted octanol–water partition coefficient (Wildman–Crippen LogP) is 3.36. The fraction of sp³-hybridized carbons (Fsp3) is 0.263. The molecule has 0 unspecified atom stereocenters. The van der Waals surface area contributed by atoms with E-state index in [4.69, 9.17) is 21.1 Å². The Morgan fingerprint density at radius 1 is 0.962 bits per heavy atom. The summed E-state index contributed by atoms with van der Waals surface area (Å²) in [5.41, 5.74) is 5.00. The van der Waals surface area contributed by atoms with E-state index in [0.717, 1.165) is 0 Å². The summed E-state index contributed by atoms with van der Waals surface area (Å²) >= 11 is 5.93. The van der Waals surface area contributed by atoms with Crippen LogP contribution in [0.15, 0.2) is 48.5 Å². The number of para-hydroxylation sites is 2. The van der Waals surface area contributed by atoms with Crippen LogP contribution in [0, 0.1) is 0 Å². The Hall–Kier alpha value is -2.73. The smallest absolute Gasteiger partial charge is 0.271 e. The highest BCUT2D eigenvalue weighted by Gasteiger charge is 2.10. The van der Waals surface area contributed by atoms with E-state index < -0.39 is 5.91 Å². The lowest BCUT2D eigenvalue weighted by atomic mass is 10.2. The number of carbonyl (C=O) groups excluding carboxylic acids is 2. The number of carbonyl (C=O) groups is 2. The minimum Gasteiger partial charge on any atom is -0.490 e. The van der Waals surface area contributed by atoms with Gasteiger partial charge in [0, 0.05) is 6.42 Å². The van der Waals surface area contributed by atoms with Gasteiger partial charge in [-0.3, -0.25) is 20.4 Å². The molecule has 26 heavy (non-hydrogen) atoms. The average Bonchev–Trinajstić information content (AvgIpc) is 2.65. The van der Waals surface area contributed by atoms with Gasteiger partial charge in [0.2, 0.25) is 5.91 Å². The number of hydrazine groups is 1. The Balaban J connectivity index is 1.70. The molecular weight excluding hydrogens is 356 g/mol. The number of rotatable bonds is 8. The van der Waals surface area contributed by atoms with Gasteiger partial charge in [-0.15, -0.1) is 0 Å². The van der Waals surface area contributed by atoms with Crippen molar-refractivity contribution >= 4 is 23.4 Å². The summed E-state index contributed by atoms with van der Waals surface area (Å²) in [6.07, 6.45) is 0.702. The molecule has 0 spiro atoms. The normalized spacial score (nSPS) is 10.1. The van der Waals surface area contributed by atoms with Crippen LogP contribution < -0.4 is 20.3 Å². The van der Waals surface area contributed by atoms with Gasteiger partial charge in [-0.05, 0) is 37.6 Å². The molecule has 0 heterocycles. The van der Waals surface area contributed by atoms with Crippen LogP contribution in [0.5, 0.6) is 11.5 Å². The van der Waals surface area contributed by atoms with Gasteiger partial charge in [0.25, 0.3) is 5.91 Å². The molecule has 2 aromatic rings. The number of nitrogens with one attached hydrogen (secondary N) is 2. The zero-order valence-corrected chi connectivity index (χ0v) is 15.2. The molecule has 138 valence electrons. The lowest BCUT2D eigenvalue weighted by Gasteiger charge is -2.11. The van der Waals surface area contributed by atoms with E-state index in [-0.39, 0.29) is 12.3 Å². The Bertz CT molecular complexity index is 752. The minimum atomic E-state index is -0.467. The molecule has 2 amide bonds. The molecule has 0 radical (unpaired) electrons. The fourth-order valence-electron chi connectivity index (χ4n) is 2.16. The van der Waals surface area contributed by atoms with Crippen molar-refractivity contribution in [2.75, 3.05) is 13.2 Å². The van der Waals surface area contributed by atoms with Crippen molar-refractivity contribution in [2.24, 2.45) is 0 Å². The number of halogens is 1. The van der Waals surface area contributed by atoms with Crippen molar-refractivity contribution < 1.29 is 19.1 Å². The summed E-state index contributed by atoms with van der Waals surface area (Å²) in [6.45, 7) is 2.81. The van der Waals surface area contributed by atoms with Crippen LogP contribution in [0.2, 0.25) is 5.02 Å². The van der Waals surface area contributed by atoms with Crippen molar-refractivity contribution in [1.82, 2.24) is 10.9 Å². The third kappa shape index (κ3) is 5.97. The molecule has 2 N–H and O–H groups in total. The van der Waals surface area contributed by atoms with Crippen LogP contribution in [0.1, 0.15) is 30.1 Å². The van der Waals surface area contributed by atoms with Gasteiger partial charge in [0.05, 0.1) is 23.8 Å². The summed E-state index contributed by atoms with van der Waals surface area (Å²) in [4.78, 5) is 23.7. The van der Waals surface area contributed by atoms with Crippen LogP contribution in [-0.2, 0) is 4.79 Å². The van der Waals surface area contributed by atoms with Crippen LogP contribution in [0.4, 0.5) is 0 Å². The Kier molecular flexibility index (Phi) is 7.76. The molecule has 0 saturated heterocycles. The first-order valence-electron chi connectivity index (χ1n) is 8.30. The molecule has 0 aliphatic rings.